The molecule has 1 atom stereocenters. The largest absolute Gasteiger partial charge is 0.496 e. The molecule has 2 heterocycles. The van der Waals surface area contributed by atoms with Crippen LogP contribution < -0.4 is 20.1 Å². The Morgan fingerprint density at radius 1 is 1.02 bits per heavy atom. The van der Waals surface area contributed by atoms with Crippen molar-refractivity contribution in [3.63, 3.8) is 0 Å². The molecule has 0 spiro atoms. The van der Waals surface area contributed by atoms with E-state index < -0.39 is 6.17 Å². The molecule has 1 aliphatic rings. The number of fused-ring (bicyclic) bond motifs is 1. The number of hydrogen-bond acceptors (Lipinski definition) is 6. The third-order valence-corrected chi connectivity index (χ3v) is 6.90. The smallest absolute Gasteiger partial charge is 0.258 e. The Balaban J connectivity index is 1.46. The van der Waals surface area contributed by atoms with Crippen molar-refractivity contribution in [2.45, 2.75) is 40.1 Å². The summed E-state index contributed by atoms with van der Waals surface area (Å²) in [7, 11) is 1.63. The van der Waals surface area contributed by atoms with Gasteiger partial charge in [0.2, 0.25) is 5.91 Å². The molecule has 204 valence electrons. The summed E-state index contributed by atoms with van der Waals surface area (Å²) >= 11 is 0. The number of aromatic nitrogens is 1. The molecule has 8 heteroatoms. The van der Waals surface area contributed by atoms with E-state index in [0.29, 0.717) is 17.9 Å². The minimum Gasteiger partial charge on any atom is -0.496 e. The molecule has 3 aromatic carbocycles. The Labute approximate surface area is 234 Å². The van der Waals surface area contributed by atoms with Gasteiger partial charge in [0.1, 0.15) is 24.3 Å². The second-order valence-corrected chi connectivity index (χ2v) is 9.86. The number of carbonyl (C=O) groups excluding carboxylic acids is 2. The zero-order chi connectivity index (χ0) is 28.2. The van der Waals surface area contributed by atoms with E-state index >= 15 is 0 Å². The Morgan fingerprint density at radius 2 is 1.75 bits per heavy atom. The molecular weight excluding hydrogens is 504 g/mol. The van der Waals surface area contributed by atoms with Gasteiger partial charge in [-0.05, 0) is 84.6 Å². The Kier molecular flexibility index (Phi) is 7.68. The minimum atomic E-state index is -0.402. The van der Waals surface area contributed by atoms with Crippen molar-refractivity contribution in [1.82, 2.24) is 9.88 Å². The first-order valence-electron chi connectivity index (χ1n) is 13.1. The van der Waals surface area contributed by atoms with Gasteiger partial charge in [-0.3, -0.25) is 14.6 Å². The zero-order valence-electron chi connectivity index (χ0n) is 23.0. The van der Waals surface area contributed by atoms with Gasteiger partial charge in [0.25, 0.3) is 5.91 Å². The van der Waals surface area contributed by atoms with Gasteiger partial charge in [-0.2, -0.15) is 0 Å². The molecule has 0 bridgehead atoms. The third-order valence-electron chi connectivity index (χ3n) is 6.90. The zero-order valence-corrected chi connectivity index (χ0v) is 23.0. The summed E-state index contributed by atoms with van der Waals surface area (Å²) in [5.74, 6) is 1.28. The third kappa shape index (κ3) is 5.61. The van der Waals surface area contributed by atoms with Crippen molar-refractivity contribution in [3.8, 4) is 11.5 Å². The molecule has 0 radical (unpaired) electrons. The number of pyridine rings is 1. The van der Waals surface area contributed by atoms with Crippen LogP contribution in [0.2, 0.25) is 0 Å². The van der Waals surface area contributed by atoms with Crippen molar-refractivity contribution >= 4 is 23.2 Å². The van der Waals surface area contributed by atoms with Gasteiger partial charge in [-0.25, -0.2) is 0 Å². The number of nitrogens with one attached hydrogen (secondary N) is 2. The highest BCUT2D eigenvalue weighted by Gasteiger charge is 2.33. The van der Waals surface area contributed by atoms with Crippen LogP contribution in [0, 0.1) is 13.8 Å². The van der Waals surface area contributed by atoms with E-state index in [9.17, 15) is 9.59 Å². The lowest BCUT2D eigenvalue weighted by Gasteiger charge is -2.38. The standard InChI is InChI=1S/C32H32N4O4/c1-20-15-26(34-22(3)37)16-21(2)30(20)40-19-25-17-24(9-10-29(25)39-4)31-35-28-8-6-5-7-27(28)32(38)36(31)18-23-11-13-33-14-12-23/h5-17,31,35H,18-19H2,1-4H3,(H,34,37). The number of carbonyl (C=O) groups is 2. The van der Waals surface area contributed by atoms with E-state index in [1.54, 1.807) is 19.5 Å². The van der Waals surface area contributed by atoms with Gasteiger partial charge < -0.3 is 25.0 Å². The lowest BCUT2D eigenvalue weighted by atomic mass is 10.0. The van der Waals surface area contributed by atoms with Crippen LogP contribution >= 0.6 is 0 Å². The van der Waals surface area contributed by atoms with Crippen molar-refractivity contribution in [1.29, 1.82) is 0 Å². The summed E-state index contributed by atoms with van der Waals surface area (Å²) in [6, 6.07) is 21.1. The molecule has 5 rings (SSSR count). The van der Waals surface area contributed by atoms with Crippen LogP contribution in [0.3, 0.4) is 0 Å². The summed E-state index contributed by atoms with van der Waals surface area (Å²) in [5, 5.41) is 6.39. The average Bonchev–Trinajstić information content (AvgIpc) is 2.94. The van der Waals surface area contributed by atoms with E-state index in [0.717, 1.165) is 44.9 Å². The maximum atomic E-state index is 13.7. The maximum absolute atomic E-state index is 13.7. The summed E-state index contributed by atoms with van der Waals surface area (Å²) in [5.41, 5.74) is 6.74. The van der Waals surface area contributed by atoms with E-state index in [4.69, 9.17) is 9.47 Å². The number of benzene rings is 3. The number of ether oxygens (including phenoxy) is 2. The summed E-state index contributed by atoms with van der Waals surface area (Å²) in [6.45, 7) is 6.07. The molecule has 1 unspecified atom stereocenters. The van der Waals surface area contributed by atoms with E-state index in [1.807, 2.05) is 85.5 Å². The highest BCUT2D eigenvalue weighted by Crippen LogP contribution is 2.36. The normalized spacial score (nSPS) is 14.2. The number of anilines is 2. The first kappa shape index (κ1) is 26.7. The van der Waals surface area contributed by atoms with E-state index in [-0.39, 0.29) is 18.4 Å². The van der Waals surface area contributed by atoms with Gasteiger partial charge in [0.15, 0.2) is 0 Å². The lowest BCUT2D eigenvalue weighted by molar-refractivity contribution is -0.114. The number of methoxy groups -OCH3 is 1. The number of aryl methyl sites for hydroxylation is 2. The number of rotatable bonds is 8. The fraction of sp³-hybridized carbons (Fsp3) is 0.219. The summed E-state index contributed by atoms with van der Waals surface area (Å²) in [4.78, 5) is 31.1. The van der Waals surface area contributed by atoms with Crippen LogP contribution in [0.1, 0.15) is 51.3 Å². The Morgan fingerprint density at radius 3 is 2.45 bits per heavy atom. The van der Waals surface area contributed by atoms with Gasteiger partial charge >= 0.3 is 0 Å². The molecule has 8 nitrogen and oxygen atoms in total. The van der Waals surface area contributed by atoms with Crippen LogP contribution in [0.4, 0.5) is 11.4 Å². The van der Waals surface area contributed by atoms with Crippen molar-refractivity contribution < 1.29 is 19.1 Å². The van der Waals surface area contributed by atoms with Crippen LogP contribution in [0.25, 0.3) is 0 Å². The van der Waals surface area contributed by atoms with Crippen molar-refractivity contribution in [3.05, 3.63) is 113 Å². The van der Waals surface area contributed by atoms with Crippen LogP contribution in [-0.4, -0.2) is 28.8 Å². The van der Waals surface area contributed by atoms with Gasteiger partial charge in [0.05, 0.1) is 12.7 Å². The molecule has 1 aliphatic heterocycles. The quantitative estimate of drug-likeness (QED) is 0.287. The molecule has 1 aromatic heterocycles. The molecule has 4 aromatic rings. The predicted octanol–water partition coefficient (Wildman–Crippen LogP) is 6.01. The molecule has 0 fully saturated rings. The topological polar surface area (TPSA) is 92.8 Å². The summed E-state index contributed by atoms with van der Waals surface area (Å²) in [6.07, 6.45) is 3.06. The molecular formula is C32H32N4O4. The average molecular weight is 537 g/mol. The van der Waals surface area contributed by atoms with Crippen LogP contribution in [0.15, 0.2) is 79.1 Å². The lowest BCUT2D eigenvalue weighted by Crippen LogP contribution is -2.42. The monoisotopic (exact) mass is 536 g/mol. The molecule has 0 saturated carbocycles. The minimum absolute atomic E-state index is 0.0460. The summed E-state index contributed by atoms with van der Waals surface area (Å²) < 4.78 is 12.0. The Hall–Kier alpha value is -4.85. The fourth-order valence-electron chi connectivity index (χ4n) is 5.09. The first-order chi connectivity index (χ1) is 19.3. The SMILES string of the molecule is COc1ccc(C2Nc3ccccc3C(=O)N2Cc2ccncc2)cc1COc1c(C)cc(NC(C)=O)cc1C. The number of para-hydroxylation sites is 1. The van der Waals surface area contributed by atoms with Gasteiger partial charge in [0, 0.05) is 42.8 Å². The molecule has 40 heavy (non-hydrogen) atoms. The van der Waals surface area contributed by atoms with Crippen LogP contribution in [0.5, 0.6) is 11.5 Å². The first-order valence-corrected chi connectivity index (χ1v) is 13.1. The Bertz CT molecular complexity index is 1530. The maximum Gasteiger partial charge on any atom is 0.258 e. The number of hydrogen-bond donors (Lipinski definition) is 2. The van der Waals surface area contributed by atoms with Gasteiger partial charge in [-0.1, -0.05) is 18.2 Å². The van der Waals surface area contributed by atoms with Crippen molar-refractivity contribution in [2.75, 3.05) is 17.7 Å². The van der Waals surface area contributed by atoms with E-state index in [1.165, 1.54) is 6.92 Å². The molecule has 2 amide bonds. The molecule has 0 saturated heterocycles. The second-order valence-electron chi connectivity index (χ2n) is 9.86. The van der Waals surface area contributed by atoms with Crippen LogP contribution in [-0.2, 0) is 17.9 Å². The predicted molar refractivity (Wildman–Crippen MR) is 154 cm³/mol. The number of nitrogens with zero attached hydrogens (tertiary/aromatic N) is 2. The second kappa shape index (κ2) is 11.5. The molecule has 0 aliphatic carbocycles. The molecule has 2 N–H and O–H groups in total. The van der Waals surface area contributed by atoms with E-state index in [2.05, 4.69) is 15.6 Å². The highest BCUT2D eigenvalue weighted by molar-refractivity contribution is 6.01. The van der Waals surface area contributed by atoms with Crippen molar-refractivity contribution in [2.24, 2.45) is 0 Å². The van der Waals surface area contributed by atoms with Gasteiger partial charge in [-0.15, -0.1) is 0 Å². The fourth-order valence-corrected chi connectivity index (χ4v) is 5.09. The number of amides is 2. The highest BCUT2D eigenvalue weighted by atomic mass is 16.5.